The predicted octanol–water partition coefficient (Wildman–Crippen LogP) is 1.62. The first-order valence-electron chi connectivity index (χ1n) is 8.74. The molecule has 1 saturated heterocycles. The molecule has 1 aliphatic rings. The number of carbonyl (C=O) groups is 1. The molecule has 27 heavy (non-hydrogen) atoms. The Labute approximate surface area is 161 Å². The van der Waals surface area contributed by atoms with Crippen molar-refractivity contribution in [3.05, 3.63) is 47.5 Å². The van der Waals surface area contributed by atoms with E-state index in [0.29, 0.717) is 29.6 Å². The van der Waals surface area contributed by atoms with Crippen molar-refractivity contribution in [3.8, 4) is 0 Å². The van der Waals surface area contributed by atoms with Crippen LogP contribution in [0.3, 0.4) is 0 Å². The number of rotatable bonds is 4. The lowest BCUT2D eigenvalue weighted by Crippen LogP contribution is -2.51. The molecule has 1 fully saturated rings. The second-order valence-electron chi connectivity index (χ2n) is 6.52. The zero-order valence-corrected chi connectivity index (χ0v) is 15.6. The number of benzene rings is 1. The molecule has 0 radical (unpaired) electrons. The number of carbonyl (C=O) groups excluding carboxylic acids is 1. The number of anilines is 1. The average Bonchev–Trinajstić information content (AvgIpc) is 3.16. The van der Waals surface area contributed by atoms with Gasteiger partial charge in [-0.3, -0.25) is 4.79 Å². The molecule has 9 heteroatoms. The van der Waals surface area contributed by atoms with Crippen LogP contribution in [0.5, 0.6) is 0 Å². The first kappa shape index (κ1) is 17.7. The van der Waals surface area contributed by atoms with Crippen LogP contribution in [0.2, 0.25) is 5.02 Å². The number of piperazine rings is 1. The molecule has 1 atom stereocenters. The maximum Gasteiger partial charge on any atom is 0.242 e. The van der Waals surface area contributed by atoms with E-state index in [4.69, 9.17) is 11.6 Å². The second-order valence-corrected chi connectivity index (χ2v) is 6.95. The van der Waals surface area contributed by atoms with Crippen LogP contribution >= 0.6 is 11.6 Å². The highest BCUT2D eigenvalue weighted by molar-refractivity contribution is 6.30. The lowest BCUT2D eigenvalue weighted by atomic mass is 10.0. The number of H-pyrrole nitrogens is 1. The highest BCUT2D eigenvalue weighted by Crippen LogP contribution is 2.25. The van der Waals surface area contributed by atoms with Crippen molar-refractivity contribution >= 4 is 34.5 Å². The fraction of sp³-hybridized carbons (Fsp3) is 0.333. The molecular formula is C18H20ClN7O. The molecular weight excluding hydrogens is 366 g/mol. The fourth-order valence-electron chi connectivity index (χ4n) is 3.42. The molecule has 3 aromatic rings. The molecule has 1 amide bonds. The lowest BCUT2D eigenvalue weighted by Gasteiger charge is -2.37. The van der Waals surface area contributed by atoms with Gasteiger partial charge in [0, 0.05) is 31.7 Å². The maximum atomic E-state index is 13.1. The summed E-state index contributed by atoms with van der Waals surface area (Å²) in [6.07, 6.45) is 3.03. The van der Waals surface area contributed by atoms with Gasteiger partial charge in [0.25, 0.3) is 0 Å². The monoisotopic (exact) mass is 385 g/mol. The highest BCUT2D eigenvalue weighted by atomic mass is 35.5. The van der Waals surface area contributed by atoms with Gasteiger partial charge in [-0.2, -0.15) is 0 Å². The second kappa shape index (κ2) is 7.50. The Bertz CT molecular complexity index is 960. The number of aromatic amines is 1. The van der Waals surface area contributed by atoms with Gasteiger partial charge in [-0.1, -0.05) is 23.7 Å². The largest absolute Gasteiger partial charge is 0.348 e. The zero-order chi connectivity index (χ0) is 18.8. The normalized spacial score (nSPS) is 17.3. The van der Waals surface area contributed by atoms with Crippen LogP contribution < -0.4 is 10.2 Å². The van der Waals surface area contributed by atoms with Crippen molar-refractivity contribution in [1.82, 2.24) is 30.2 Å². The Hall–Kier alpha value is -2.71. The molecule has 140 valence electrons. The summed E-state index contributed by atoms with van der Waals surface area (Å²) in [5, 5.41) is 4.03. The molecule has 0 spiro atoms. The zero-order valence-electron chi connectivity index (χ0n) is 14.9. The number of aromatic nitrogens is 4. The summed E-state index contributed by atoms with van der Waals surface area (Å²) in [5.74, 6) is 0.690. The Balaban J connectivity index is 1.54. The first-order valence-corrected chi connectivity index (χ1v) is 9.12. The van der Waals surface area contributed by atoms with E-state index in [0.717, 1.165) is 17.6 Å². The number of likely N-dealkylation sites (N-methyl/N-ethyl adjacent to an activating group) is 1. The van der Waals surface area contributed by atoms with Crippen LogP contribution in [-0.4, -0.2) is 64.0 Å². The molecule has 0 saturated carbocycles. The van der Waals surface area contributed by atoms with Crippen molar-refractivity contribution < 1.29 is 4.79 Å². The third-order valence-corrected chi connectivity index (χ3v) is 4.97. The van der Waals surface area contributed by atoms with E-state index in [2.05, 4.69) is 25.3 Å². The van der Waals surface area contributed by atoms with Crippen LogP contribution in [0, 0.1) is 0 Å². The van der Waals surface area contributed by atoms with Crippen LogP contribution in [0.25, 0.3) is 11.2 Å². The maximum absolute atomic E-state index is 13.1. The Morgan fingerprint density at radius 2 is 2.26 bits per heavy atom. The number of hydrogen-bond acceptors (Lipinski definition) is 6. The number of nitrogens with zero attached hydrogens (tertiary/aromatic N) is 5. The van der Waals surface area contributed by atoms with E-state index >= 15 is 0 Å². The van der Waals surface area contributed by atoms with Gasteiger partial charge >= 0.3 is 0 Å². The molecule has 1 aromatic carbocycles. The first-order chi connectivity index (χ1) is 13.1. The number of nitrogens with one attached hydrogen (secondary N) is 2. The molecule has 4 rings (SSSR count). The van der Waals surface area contributed by atoms with Gasteiger partial charge in [0.15, 0.2) is 11.5 Å². The predicted molar refractivity (Wildman–Crippen MR) is 104 cm³/mol. The average molecular weight is 386 g/mol. The molecule has 8 nitrogen and oxygen atoms in total. The van der Waals surface area contributed by atoms with Crippen molar-refractivity contribution in [2.24, 2.45) is 0 Å². The lowest BCUT2D eigenvalue weighted by molar-refractivity contribution is -0.133. The van der Waals surface area contributed by atoms with Gasteiger partial charge in [-0.05, 0) is 17.7 Å². The van der Waals surface area contributed by atoms with Gasteiger partial charge in [0.1, 0.15) is 11.8 Å². The summed E-state index contributed by atoms with van der Waals surface area (Å²) >= 11 is 6.14. The summed E-state index contributed by atoms with van der Waals surface area (Å²) in [6, 6.07) is 7.63. The summed E-state index contributed by atoms with van der Waals surface area (Å²) in [4.78, 5) is 32.4. The molecule has 0 bridgehead atoms. The van der Waals surface area contributed by atoms with Gasteiger partial charge in [0.2, 0.25) is 5.91 Å². The standard InChI is InChI=1S/C18H20ClN7O/c1-25(18-16-17(22-10-21-16)23-11-24-18)9-15(27)26-6-5-20-8-14(26)12-3-2-4-13(19)7-12/h2-4,7,10-11,14,20H,5-6,8-9H2,1H3,(H,21,22,23,24). The topological polar surface area (TPSA) is 90.0 Å². The highest BCUT2D eigenvalue weighted by Gasteiger charge is 2.29. The summed E-state index contributed by atoms with van der Waals surface area (Å²) < 4.78 is 0. The minimum atomic E-state index is -0.0454. The quantitative estimate of drug-likeness (QED) is 0.709. The molecule has 3 heterocycles. The number of hydrogen-bond donors (Lipinski definition) is 2. The fourth-order valence-corrected chi connectivity index (χ4v) is 3.62. The molecule has 1 aliphatic heterocycles. The number of imidazole rings is 1. The van der Waals surface area contributed by atoms with E-state index < -0.39 is 0 Å². The van der Waals surface area contributed by atoms with Crippen LogP contribution in [0.4, 0.5) is 5.82 Å². The van der Waals surface area contributed by atoms with Gasteiger partial charge in [-0.25, -0.2) is 15.0 Å². The number of amides is 1. The van der Waals surface area contributed by atoms with Crippen molar-refractivity contribution in [3.63, 3.8) is 0 Å². The SMILES string of the molecule is CN(CC(=O)N1CCNCC1c1cccc(Cl)c1)c1ncnc2nc[nH]c12. The molecule has 0 aliphatic carbocycles. The third kappa shape index (κ3) is 3.58. The van der Waals surface area contributed by atoms with E-state index in [1.807, 2.05) is 41.1 Å². The number of halogens is 1. The minimum absolute atomic E-state index is 0.0373. The Morgan fingerprint density at radius 3 is 3.11 bits per heavy atom. The molecule has 1 unspecified atom stereocenters. The van der Waals surface area contributed by atoms with Crippen LogP contribution in [-0.2, 0) is 4.79 Å². The van der Waals surface area contributed by atoms with Crippen molar-refractivity contribution in [2.45, 2.75) is 6.04 Å². The van der Waals surface area contributed by atoms with E-state index in [1.165, 1.54) is 6.33 Å². The third-order valence-electron chi connectivity index (χ3n) is 4.73. The molecule has 2 aromatic heterocycles. The van der Waals surface area contributed by atoms with Crippen molar-refractivity contribution in [2.75, 3.05) is 38.1 Å². The van der Waals surface area contributed by atoms with E-state index in [-0.39, 0.29) is 18.5 Å². The Kier molecular flexibility index (Phi) is 4.91. The summed E-state index contributed by atoms with van der Waals surface area (Å²) in [7, 11) is 1.84. The smallest absolute Gasteiger partial charge is 0.242 e. The summed E-state index contributed by atoms with van der Waals surface area (Å²) in [6.45, 7) is 2.33. The molecule has 2 N–H and O–H groups in total. The van der Waals surface area contributed by atoms with E-state index in [1.54, 1.807) is 6.33 Å². The summed E-state index contributed by atoms with van der Waals surface area (Å²) in [5.41, 5.74) is 2.33. The number of fused-ring (bicyclic) bond motifs is 1. The van der Waals surface area contributed by atoms with Gasteiger partial charge < -0.3 is 20.1 Å². The van der Waals surface area contributed by atoms with E-state index in [9.17, 15) is 4.79 Å². The van der Waals surface area contributed by atoms with Crippen LogP contribution in [0.15, 0.2) is 36.9 Å². The van der Waals surface area contributed by atoms with Gasteiger partial charge in [-0.15, -0.1) is 0 Å². The Morgan fingerprint density at radius 1 is 1.37 bits per heavy atom. The minimum Gasteiger partial charge on any atom is -0.348 e. The van der Waals surface area contributed by atoms with Gasteiger partial charge in [0.05, 0.1) is 18.9 Å². The van der Waals surface area contributed by atoms with Crippen molar-refractivity contribution in [1.29, 1.82) is 0 Å². The van der Waals surface area contributed by atoms with Crippen LogP contribution in [0.1, 0.15) is 11.6 Å².